The topological polar surface area (TPSA) is 36.4 Å². The lowest BCUT2D eigenvalue weighted by molar-refractivity contribution is 0.0975. The van der Waals surface area contributed by atoms with Crippen LogP contribution in [0.5, 0.6) is 0 Å². The number of piperidine rings is 1. The fourth-order valence-corrected chi connectivity index (χ4v) is 4.07. The molecule has 4 heteroatoms. The first kappa shape index (κ1) is 17.1. The summed E-state index contributed by atoms with van der Waals surface area (Å²) in [7, 11) is 0. The second-order valence-corrected chi connectivity index (χ2v) is 7.77. The molecule has 1 amide bonds. The Morgan fingerprint density at radius 2 is 1.81 bits per heavy atom. The van der Waals surface area contributed by atoms with Crippen LogP contribution in [0.4, 0.5) is 11.5 Å². The van der Waals surface area contributed by atoms with Gasteiger partial charge in [-0.25, -0.2) is 4.98 Å². The van der Waals surface area contributed by atoms with E-state index in [1.54, 1.807) is 6.20 Å². The predicted octanol–water partition coefficient (Wildman–Crippen LogP) is 4.30. The Hall–Kier alpha value is -2.36. The number of nitrogens with zero attached hydrogens (tertiary/aromatic N) is 3. The SMILES string of the molecule is CC1CCN(c2ccc(C(=O)N3c4ccccc4CC[C@H]3C)cn2)CC1. The Morgan fingerprint density at radius 3 is 2.54 bits per heavy atom. The second-order valence-electron chi connectivity index (χ2n) is 7.77. The summed E-state index contributed by atoms with van der Waals surface area (Å²) in [4.78, 5) is 22.0. The number of pyridine rings is 1. The van der Waals surface area contributed by atoms with Gasteiger partial charge in [-0.05, 0) is 62.3 Å². The van der Waals surface area contributed by atoms with Crippen LogP contribution in [0.15, 0.2) is 42.6 Å². The molecule has 0 bridgehead atoms. The lowest BCUT2D eigenvalue weighted by atomic mass is 9.96. The van der Waals surface area contributed by atoms with E-state index in [4.69, 9.17) is 0 Å². The van der Waals surface area contributed by atoms with Crippen LogP contribution in [0.25, 0.3) is 0 Å². The zero-order chi connectivity index (χ0) is 18.1. The summed E-state index contributed by atoms with van der Waals surface area (Å²) in [5.74, 6) is 1.84. The Labute approximate surface area is 155 Å². The average molecular weight is 349 g/mol. The normalized spacial score (nSPS) is 20.8. The molecule has 2 aromatic rings. The van der Waals surface area contributed by atoms with Crippen LogP contribution in [0, 0.1) is 5.92 Å². The minimum atomic E-state index is 0.0518. The molecule has 1 aromatic heterocycles. The molecule has 3 heterocycles. The van der Waals surface area contributed by atoms with Crippen molar-refractivity contribution < 1.29 is 4.79 Å². The molecule has 4 nitrogen and oxygen atoms in total. The maximum atomic E-state index is 13.2. The number of rotatable bonds is 2. The van der Waals surface area contributed by atoms with Crippen molar-refractivity contribution in [1.82, 2.24) is 4.98 Å². The number of aryl methyl sites for hydroxylation is 1. The molecule has 2 aliphatic heterocycles. The molecule has 4 rings (SSSR count). The number of aromatic nitrogens is 1. The largest absolute Gasteiger partial charge is 0.357 e. The molecule has 1 fully saturated rings. The number of hydrogen-bond acceptors (Lipinski definition) is 3. The Bertz CT molecular complexity index is 778. The van der Waals surface area contributed by atoms with Crippen LogP contribution in [-0.4, -0.2) is 30.0 Å². The predicted molar refractivity (Wildman–Crippen MR) is 106 cm³/mol. The molecule has 0 unspecified atom stereocenters. The van der Waals surface area contributed by atoms with Crippen LogP contribution in [0.1, 0.15) is 49.0 Å². The highest BCUT2D eigenvalue weighted by Gasteiger charge is 2.29. The number of hydrogen-bond donors (Lipinski definition) is 0. The third kappa shape index (κ3) is 3.20. The van der Waals surface area contributed by atoms with Gasteiger partial charge in [0, 0.05) is 31.0 Å². The van der Waals surface area contributed by atoms with Crippen molar-refractivity contribution in [1.29, 1.82) is 0 Å². The molecule has 0 saturated carbocycles. The van der Waals surface area contributed by atoms with E-state index in [1.807, 2.05) is 29.2 Å². The first-order valence-electron chi connectivity index (χ1n) is 9.76. The number of carbonyl (C=O) groups excluding carboxylic acids is 1. The number of fused-ring (bicyclic) bond motifs is 1. The van der Waals surface area contributed by atoms with Gasteiger partial charge < -0.3 is 9.80 Å². The van der Waals surface area contributed by atoms with Crippen molar-refractivity contribution in [3.63, 3.8) is 0 Å². The summed E-state index contributed by atoms with van der Waals surface area (Å²) in [5.41, 5.74) is 2.97. The molecular formula is C22H27N3O. The van der Waals surface area contributed by atoms with Gasteiger partial charge in [0.15, 0.2) is 0 Å². The molecule has 0 radical (unpaired) electrons. The second kappa shape index (κ2) is 7.10. The van der Waals surface area contributed by atoms with Crippen LogP contribution >= 0.6 is 0 Å². The fourth-order valence-electron chi connectivity index (χ4n) is 4.07. The standard InChI is InChI=1S/C22H27N3O/c1-16-11-13-24(14-12-16)21-10-9-19(15-23-21)22(26)25-17(2)7-8-18-5-3-4-6-20(18)25/h3-6,9-10,15-17H,7-8,11-14H2,1-2H3/t17-/m1/s1. The van der Waals surface area contributed by atoms with Crippen LogP contribution in [0.3, 0.4) is 0 Å². The Morgan fingerprint density at radius 1 is 1.04 bits per heavy atom. The molecule has 1 saturated heterocycles. The van der Waals surface area contributed by atoms with Crippen molar-refractivity contribution in [3.05, 3.63) is 53.7 Å². The highest BCUT2D eigenvalue weighted by atomic mass is 16.2. The summed E-state index contributed by atoms with van der Waals surface area (Å²) in [6.45, 7) is 6.55. The molecule has 0 N–H and O–H groups in total. The third-order valence-electron chi connectivity index (χ3n) is 5.84. The van der Waals surface area contributed by atoms with E-state index in [2.05, 4.69) is 35.9 Å². The third-order valence-corrected chi connectivity index (χ3v) is 5.84. The number of carbonyl (C=O) groups is 1. The van der Waals surface area contributed by atoms with Gasteiger partial charge in [-0.2, -0.15) is 0 Å². The van der Waals surface area contributed by atoms with E-state index in [0.717, 1.165) is 43.4 Å². The van der Waals surface area contributed by atoms with E-state index >= 15 is 0 Å². The van der Waals surface area contributed by atoms with Gasteiger partial charge in [0.1, 0.15) is 5.82 Å². The molecule has 1 atom stereocenters. The first-order chi connectivity index (χ1) is 12.6. The van der Waals surface area contributed by atoms with Crippen molar-refractivity contribution in [2.45, 2.75) is 45.6 Å². The van der Waals surface area contributed by atoms with Crippen molar-refractivity contribution >= 4 is 17.4 Å². The molecule has 0 aliphatic carbocycles. The van der Waals surface area contributed by atoms with E-state index in [0.29, 0.717) is 5.56 Å². The van der Waals surface area contributed by atoms with Crippen molar-refractivity contribution in [2.24, 2.45) is 5.92 Å². The van der Waals surface area contributed by atoms with Crippen molar-refractivity contribution in [2.75, 3.05) is 22.9 Å². The van der Waals surface area contributed by atoms with Gasteiger partial charge in [0.2, 0.25) is 0 Å². The highest BCUT2D eigenvalue weighted by Crippen LogP contribution is 2.32. The van der Waals surface area contributed by atoms with Gasteiger partial charge in [-0.3, -0.25) is 4.79 Å². The van der Waals surface area contributed by atoms with Crippen LogP contribution in [0.2, 0.25) is 0 Å². The molecule has 0 spiro atoms. The maximum absolute atomic E-state index is 13.2. The van der Waals surface area contributed by atoms with Crippen molar-refractivity contribution in [3.8, 4) is 0 Å². The molecule has 26 heavy (non-hydrogen) atoms. The average Bonchev–Trinajstić information content (AvgIpc) is 2.68. The minimum absolute atomic E-state index is 0.0518. The Kier molecular flexibility index (Phi) is 4.66. The van der Waals surface area contributed by atoms with E-state index in [1.165, 1.54) is 18.4 Å². The summed E-state index contributed by atoms with van der Waals surface area (Å²) in [6, 6.07) is 12.4. The van der Waals surface area contributed by atoms with E-state index in [9.17, 15) is 4.79 Å². The first-order valence-corrected chi connectivity index (χ1v) is 9.76. The lowest BCUT2D eigenvalue weighted by Gasteiger charge is -2.35. The Balaban J connectivity index is 1.55. The number of anilines is 2. The molecular weight excluding hydrogens is 322 g/mol. The zero-order valence-corrected chi connectivity index (χ0v) is 15.7. The molecule has 2 aliphatic rings. The number of benzene rings is 1. The van der Waals surface area contributed by atoms with E-state index in [-0.39, 0.29) is 11.9 Å². The number of amides is 1. The fraction of sp³-hybridized carbons (Fsp3) is 0.455. The van der Waals surface area contributed by atoms with Gasteiger partial charge in [-0.15, -0.1) is 0 Å². The quantitative estimate of drug-likeness (QED) is 0.811. The molecule has 136 valence electrons. The van der Waals surface area contributed by atoms with Crippen LogP contribution in [-0.2, 0) is 6.42 Å². The highest BCUT2D eigenvalue weighted by molar-refractivity contribution is 6.07. The summed E-state index contributed by atoms with van der Waals surface area (Å²) >= 11 is 0. The summed E-state index contributed by atoms with van der Waals surface area (Å²) < 4.78 is 0. The van der Waals surface area contributed by atoms with E-state index < -0.39 is 0 Å². The van der Waals surface area contributed by atoms with Gasteiger partial charge in [0.05, 0.1) is 5.56 Å². The zero-order valence-electron chi connectivity index (χ0n) is 15.7. The monoisotopic (exact) mass is 349 g/mol. The summed E-state index contributed by atoms with van der Waals surface area (Å²) in [6.07, 6.45) is 6.21. The maximum Gasteiger partial charge on any atom is 0.260 e. The van der Waals surface area contributed by atoms with Gasteiger partial charge in [-0.1, -0.05) is 25.1 Å². The minimum Gasteiger partial charge on any atom is -0.357 e. The van der Waals surface area contributed by atoms with Gasteiger partial charge in [0.25, 0.3) is 5.91 Å². The smallest absolute Gasteiger partial charge is 0.260 e. The number of para-hydroxylation sites is 1. The lowest BCUT2D eigenvalue weighted by Crippen LogP contribution is -2.42. The molecule has 1 aromatic carbocycles. The van der Waals surface area contributed by atoms with Crippen LogP contribution < -0.4 is 9.80 Å². The van der Waals surface area contributed by atoms with Gasteiger partial charge >= 0.3 is 0 Å². The summed E-state index contributed by atoms with van der Waals surface area (Å²) in [5, 5.41) is 0.